The van der Waals surface area contributed by atoms with E-state index >= 15 is 0 Å². The standard InChI is InChI=1S/C23H18N2O3/c26-22(25-16-19-9-11-20(12-10-19)23(27)28)21-15-18(13-14-24-21)8-4-7-17-5-2-1-3-6-17/h1-3,5-6,9-15H,7,16H2,(H,25,26)(H,27,28). The van der Waals surface area contributed by atoms with E-state index in [0.29, 0.717) is 6.42 Å². The van der Waals surface area contributed by atoms with E-state index in [2.05, 4.69) is 22.1 Å². The third-order valence-corrected chi connectivity index (χ3v) is 4.01. The van der Waals surface area contributed by atoms with Gasteiger partial charge in [0.2, 0.25) is 0 Å². The summed E-state index contributed by atoms with van der Waals surface area (Å²) in [5.74, 6) is 4.86. The van der Waals surface area contributed by atoms with Gasteiger partial charge in [0.1, 0.15) is 5.69 Å². The van der Waals surface area contributed by atoms with Crippen molar-refractivity contribution >= 4 is 11.9 Å². The van der Waals surface area contributed by atoms with Gasteiger partial charge in [-0.15, -0.1) is 0 Å². The number of pyridine rings is 1. The summed E-state index contributed by atoms with van der Waals surface area (Å²) in [5.41, 5.74) is 3.15. The number of hydrogen-bond acceptors (Lipinski definition) is 3. The van der Waals surface area contributed by atoms with Crippen LogP contribution in [0.2, 0.25) is 0 Å². The Morgan fingerprint density at radius 2 is 1.71 bits per heavy atom. The molecule has 3 aromatic rings. The molecule has 5 heteroatoms. The number of aromatic carboxylic acids is 1. The number of hydrogen-bond donors (Lipinski definition) is 2. The van der Waals surface area contributed by atoms with Crippen molar-refractivity contribution < 1.29 is 14.7 Å². The van der Waals surface area contributed by atoms with E-state index < -0.39 is 5.97 Å². The van der Waals surface area contributed by atoms with Gasteiger partial charge in [-0.05, 0) is 35.4 Å². The average Bonchev–Trinajstić information content (AvgIpc) is 2.73. The van der Waals surface area contributed by atoms with Crippen molar-refractivity contribution in [2.24, 2.45) is 0 Å². The second kappa shape index (κ2) is 9.15. The maximum atomic E-state index is 12.3. The molecule has 2 aromatic carbocycles. The summed E-state index contributed by atoms with van der Waals surface area (Å²) in [7, 11) is 0. The fraction of sp³-hybridized carbons (Fsp3) is 0.0870. The average molecular weight is 370 g/mol. The highest BCUT2D eigenvalue weighted by atomic mass is 16.4. The van der Waals surface area contributed by atoms with Gasteiger partial charge in [-0.3, -0.25) is 9.78 Å². The Balaban J connectivity index is 1.60. The van der Waals surface area contributed by atoms with Crippen LogP contribution in [-0.4, -0.2) is 22.0 Å². The van der Waals surface area contributed by atoms with Crippen molar-refractivity contribution in [1.29, 1.82) is 0 Å². The summed E-state index contributed by atoms with van der Waals surface area (Å²) in [6.45, 7) is 0.282. The van der Waals surface area contributed by atoms with Crippen molar-refractivity contribution in [3.8, 4) is 11.8 Å². The van der Waals surface area contributed by atoms with Gasteiger partial charge in [-0.25, -0.2) is 4.79 Å². The third kappa shape index (κ3) is 5.29. The first-order chi connectivity index (χ1) is 13.6. The van der Waals surface area contributed by atoms with Gasteiger partial charge in [-0.2, -0.15) is 0 Å². The topological polar surface area (TPSA) is 79.3 Å². The fourth-order valence-corrected chi connectivity index (χ4v) is 2.51. The first kappa shape index (κ1) is 18.9. The summed E-state index contributed by atoms with van der Waals surface area (Å²) in [6, 6.07) is 19.7. The molecule has 0 atom stereocenters. The number of nitrogens with zero attached hydrogens (tertiary/aromatic N) is 1. The maximum Gasteiger partial charge on any atom is 0.335 e. The zero-order valence-electron chi connectivity index (χ0n) is 15.1. The van der Waals surface area contributed by atoms with E-state index in [4.69, 9.17) is 5.11 Å². The Labute approximate surface area is 163 Å². The molecule has 0 aliphatic carbocycles. The third-order valence-electron chi connectivity index (χ3n) is 4.01. The lowest BCUT2D eigenvalue weighted by molar-refractivity contribution is 0.0696. The number of nitrogens with one attached hydrogen (secondary N) is 1. The molecule has 2 N–H and O–H groups in total. The van der Waals surface area contributed by atoms with E-state index in [-0.39, 0.29) is 23.7 Å². The maximum absolute atomic E-state index is 12.3. The Bertz CT molecular complexity index is 1030. The molecule has 0 unspecified atom stereocenters. The molecule has 1 heterocycles. The molecule has 5 nitrogen and oxygen atoms in total. The highest BCUT2D eigenvalue weighted by Crippen LogP contribution is 2.06. The Hall–Kier alpha value is -3.91. The first-order valence-electron chi connectivity index (χ1n) is 8.71. The minimum absolute atomic E-state index is 0.207. The van der Waals surface area contributed by atoms with Crippen molar-refractivity contribution in [3.05, 3.63) is 101 Å². The van der Waals surface area contributed by atoms with Crippen LogP contribution in [-0.2, 0) is 13.0 Å². The van der Waals surface area contributed by atoms with Crippen LogP contribution in [0.4, 0.5) is 0 Å². The number of benzene rings is 2. The Morgan fingerprint density at radius 3 is 2.43 bits per heavy atom. The van der Waals surface area contributed by atoms with Gasteiger partial charge in [0.15, 0.2) is 0 Å². The van der Waals surface area contributed by atoms with Crippen LogP contribution in [0.5, 0.6) is 0 Å². The number of carboxylic acid groups (broad SMARTS) is 1. The molecule has 1 amide bonds. The summed E-state index contributed by atoms with van der Waals surface area (Å²) in [4.78, 5) is 27.3. The van der Waals surface area contributed by atoms with Gasteiger partial charge < -0.3 is 10.4 Å². The lowest BCUT2D eigenvalue weighted by atomic mass is 10.1. The minimum atomic E-state index is -0.982. The second-order valence-electron chi connectivity index (χ2n) is 6.08. The van der Waals surface area contributed by atoms with Gasteiger partial charge in [0.25, 0.3) is 5.91 Å². The van der Waals surface area contributed by atoms with Gasteiger partial charge in [0, 0.05) is 24.7 Å². The molecular formula is C23H18N2O3. The van der Waals surface area contributed by atoms with Crippen LogP contribution in [0, 0.1) is 11.8 Å². The number of rotatable bonds is 5. The lowest BCUT2D eigenvalue weighted by Crippen LogP contribution is -2.23. The highest BCUT2D eigenvalue weighted by Gasteiger charge is 2.08. The van der Waals surface area contributed by atoms with Crippen LogP contribution in [0.25, 0.3) is 0 Å². The Morgan fingerprint density at radius 1 is 0.964 bits per heavy atom. The van der Waals surface area contributed by atoms with E-state index in [1.165, 1.54) is 12.1 Å². The molecule has 0 saturated heterocycles. The largest absolute Gasteiger partial charge is 0.478 e. The van der Waals surface area contributed by atoms with Gasteiger partial charge in [0.05, 0.1) is 5.56 Å². The van der Waals surface area contributed by atoms with Crippen LogP contribution < -0.4 is 5.32 Å². The molecule has 1 aromatic heterocycles. The molecule has 0 aliphatic heterocycles. The molecular weight excluding hydrogens is 352 g/mol. The zero-order valence-corrected chi connectivity index (χ0v) is 15.1. The predicted octanol–water partition coefficient (Wildman–Crippen LogP) is 3.30. The molecule has 0 saturated carbocycles. The molecule has 0 bridgehead atoms. The van der Waals surface area contributed by atoms with E-state index in [1.54, 1.807) is 30.5 Å². The number of carbonyl (C=O) groups excluding carboxylic acids is 1. The smallest absolute Gasteiger partial charge is 0.335 e. The summed E-state index contributed by atoms with van der Waals surface area (Å²) >= 11 is 0. The summed E-state index contributed by atoms with van der Waals surface area (Å²) < 4.78 is 0. The zero-order chi connectivity index (χ0) is 19.8. The molecule has 0 spiro atoms. The molecule has 138 valence electrons. The molecule has 28 heavy (non-hydrogen) atoms. The summed E-state index contributed by atoms with van der Waals surface area (Å²) in [5, 5.41) is 11.7. The SMILES string of the molecule is O=C(O)c1ccc(CNC(=O)c2cc(C#CCc3ccccc3)ccn2)cc1. The van der Waals surface area contributed by atoms with Crippen LogP contribution in [0.15, 0.2) is 72.9 Å². The normalized spacial score (nSPS) is 9.86. The number of carbonyl (C=O) groups is 2. The van der Waals surface area contributed by atoms with Crippen molar-refractivity contribution in [2.45, 2.75) is 13.0 Å². The van der Waals surface area contributed by atoms with Crippen LogP contribution in [0.3, 0.4) is 0 Å². The first-order valence-corrected chi connectivity index (χ1v) is 8.71. The van der Waals surface area contributed by atoms with Crippen molar-refractivity contribution in [2.75, 3.05) is 0 Å². The lowest BCUT2D eigenvalue weighted by Gasteiger charge is -2.05. The predicted molar refractivity (Wildman–Crippen MR) is 106 cm³/mol. The van der Waals surface area contributed by atoms with E-state index in [0.717, 1.165) is 16.7 Å². The van der Waals surface area contributed by atoms with Crippen LogP contribution in [0.1, 0.15) is 37.5 Å². The monoisotopic (exact) mass is 370 g/mol. The number of carboxylic acids is 1. The quantitative estimate of drug-likeness (QED) is 0.676. The van der Waals surface area contributed by atoms with E-state index in [9.17, 15) is 9.59 Å². The van der Waals surface area contributed by atoms with Crippen LogP contribution >= 0.6 is 0 Å². The second-order valence-corrected chi connectivity index (χ2v) is 6.08. The molecule has 3 rings (SSSR count). The molecule has 0 aliphatic rings. The van der Waals surface area contributed by atoms with E-state index in [1.807, 2.05) is 30.3 Å². The van der Waals surface area contributed by atoms with Gasteiger partial charge in [-0.1, -0.05) is 54.3 Å². The minimum Gasteiger partial charge on any atom is -0.478 e. The highest BCUT2D eigenvalue weighted by molar-refractivity contribution is 5.92. The van der Waals surface area contributed by atoms with Crippen molar-refractivity contribution in [3.63, 3.8) is 0 Å². The number of aromatic nitrogens is 1. The van der Waals surface area contributed by atoms with Gasteiger partial charge >= 0.3 is 5.97 Å². The number of amides is 1. The fourth-order valence-electron chi connectivity index (χ4n) is 2.51. The van der Waals surface area contributed by atoms with Crippen molar-refractivity contribution in [1.82, 2.24) is 10.3 Å². The molecule has 0 radical (unpaired) electrons. The Kier molecular flexibility index (Phi) is 6.17. The summed E-state index contributed by atoms with van der Waals surface area (Å²) in [6.07, 6.45) is 2.19. The molecule has 0 fully saturated rings.